The van der Waals surface area contributed by atoms with Gasteiger partial charge in [0.2, 0.25) is 0 Å². The summed E-state index contributed by atoms with van der Waals surface area (Å²) < 4.78 is 0. The van der Waals surface area contributed by atoms with Crippen LogP contribution >= 0.6 is 0 Å². The van der Waals surface area contributed by atoms with Crippen molar-refractivity contribution in [3.63, 3.8) is 0 Å². The van der Waals surface area contributed by atoms with Crippen LogP contribution < -0.4 is 4.90 Å². The molecule has 0 spiro atoms. The van der Waals surface area contributed by atoms with Crippen LogP contribution in [-0.2, 0) is 6.54 Å². The lowest BCUT2D eigenvalue weighted by Gasteiger charge is -2.35. The van der Waals surface area contributed by atoms with E-state index in [4.69, 9.17) is 0 Å². The number of hydrogen-bond acceptors (Lipinski definition) is 4. The maximum atomic E-state index is 12.9. The van der Waals surface area contributed by atoms with E-state index in [1.807, 2.05) is 41.1 Å². The number of carbonyl (C=O) groups is 1. The van der Waals surface area contributed by atoms with Gasteiger partial charge in [-0.05, 0) is 31.2 Å². The Balaban J connectivity index is 1.75. The lowest BCUT2D eigenvalue weighted by molar-refractivity contribution is 0.0602. The number of hydrogen-bond donors (Lipinski definition) is 0. The average molecular weight is 338 g/mol. The van der Waals surface area contributed by atoms with Crippen LogP contribution in [0.4, 0.5) is 5.82 Å². The molecule has 132 valence electrons. The number of benzene rings is 1. The molecule has 1 saturated heterocycles. The van der Waals surface area contributed by atoms with Crippen molar-refractivity contribution in [3.8, 4) is 0 Å². The zero-order chi connectivity index (χ0) is 17.6. The van der Waals surface area contributed by atoms with Crippen molar-refractivity contribution in [1.82, 2.24) is 14.9 Å². The van der Waals surface area contributed by atoms with Gasteiger partial charge < -0.3 is 9.80 Å². The molecule has 1 fully saturated rings. The summed E-state index contributed by atoms with van der Waals surface area (Å²) in [6.45, 7) is 3.72. The van der Waals surface area contributed by atoms with Crippen LogP contribution in [0.3, 0.4) is 0 Å². The van der Waals surface area contributed by atoms with Gasteiger partial charge in [0.1, 0.15) is 17.8 Å². The first-order chi connectivity index (χ1) is 12.2. The third kappa shape index (κ3) is 4.16. The maximum Gasteiger partial charge on any atom is 0.272 e. The van der Waals surface area contributed by atoms with Gasteiger partial charge in [0, 0.05) is 32.2 Å². The quantitative estimate of drug-likeness (QED) is 0.837. The highest BCUT2D eigenvalue weighted by molar-refractivity contribution is 5.93. The van der Waals surface area contributed by atoms with E-state index < -0.39 is 0 Å². The SMILES string of the molecule is CCC1CCCCN1C(=O)c1cc(N(C)Cc2ccccc2)ncn1. The van der Waals surface area contributed by atoms with E-state index in [-0.39, 0.29) is 5.91 Å². The third-order valence-electron chi connectivity index (χ3n) is 4.88. The Kier molecular flexibility index (Phi) is 5.64. The normalized spacial score (nSPS) is 17.4. The smallest absolute Gasteiger partial charge is 0.272 e. The first-order valence-corrected chi connectivity index (χ1v) is 9.07. The Hall–Kier alpha value is -2.43. The number of carbonyl (C=O) groups excluding carboxylic acids is 1. The molecule has 5 nitrogen and oxygen atoms in total. The summed E-state index contributed by atoms with van der Waals surface area (Å²) in [5.74, 6) is 0.801. The summed E-state index contributed by atoms with van der Waals surface area (Å²) in [6, 6.07) is 12.4. The minimum atomic E-state index is 0.0308. The van der Waals surface area contributed by atoms with Gasteiger partial charge in [0.15, 0.2) is 0 Å². The molecule has 1 unspecified atom stereocenters. The number of aromatic nitrogens is 2. The standard InChI is InChI=1S/C20H26N4O/c1-3-17-11-7-8-12-24(17)20(25)18-13-19(22-15-21-18)23(2)14-16-9-5-4-6-10-16/h4-6,9-10,13,15,17H,3,7-8,11-12,14H2,1-2H3. The van der Waals surface area contributed by atoms with Crippen LogP contribution in [0, 0.1) is 0 Å². The lowest BCUT2D eigenvalue weighted by atomic mass is 9.99. The molecule has 1 aliphatic heterocycles. The van der Waals surface area contributed by atoms with E-state index in [1.54, 1.807) is 0 Å². The number of anilines is 1. The van der Waals surface area contributed by atoms with Crippen LogP contribution in [0.25, 0.3) is 0 Å². The molecule has 0 aliphatic carbocycles. The fourth-order valence-electron chi connectivity index (χ4n) is 3.45. The average Bonchev–Trinajstić information content (AvgIpc) is 2.68. The Morgan fingerprint density at radius 3 is 2.80 bits per heavy atom. The molecule has 5 heteroatoms. The molecular weight excluding hydrogens is 312 g/mol. The predicted molar refractivity (Wildman–Crippen MR) is 99.5 cm³/mol. The van der Waals surface area contributed by atoms with Crippen LogP contribution in [-0.4, -0.2) is 40.4 Å². The summed E-state index contributed by atoms with van der Waals surface area (Å²) in [5.41, 5.74) is 1.70. The minimum Gasteiger partial charge on any atom is -0.355 e. The fraction of sp³-hybridized carbons (Fsp3) is 0.450. The van der Waals surface area contributed by atoms with Crippen molar-refractivity contribution >= 4 is 11.7 Å². The summed E-state index contributed by atoms with van der Waals surface area (Å²) in [6.07, 6.45) is 5.87. The number of nitrogens with zero attached hydrogens (tertiary/aromatic N) is 4. The zero-order valence-corrected chi connectivity index (χ0v) is 15.1. The molecule has 0 radical (unpaired) electrons. The summed E-state index contributed by atoms with van der Waals surface area (Å²) in [7, 11) is 1.99. The molecule has 1 aromatic heterocycles. The van der Waals surface area contributed by atoms with E-state index in [0.29, 0.717) is 11.7 Å². The molecule has 1 aromatic carbocycles. The highest BCUT2D eigenvalue weighted by Gasteiger charge is 2.27. The largest absolute Gasteiger partial charge is 0.355 e. The van der Waals surface area contributed by atoms with Crippen molar-refractivity contribution in [2.45, 2.75) is 45.2 Å². The van der Waals surface area contributed by atoms with Crippen molar-refractivity contribution in [3.05, 3.63) is 54.0 Å². The summed E-state index contributed by atoms with van der Waals surface area (Å²) in [4.78, 5) is 25.5. The molecule has 2 heterocycles. The number of likely N-dealkylation sites (tertiary alicyclic amines) is 1. The van der Waals surface area contributed by atoms with Crippen LogP contribution in [0.1, 0.15) is 48.7 Å². The van der Waals surface area contributed by atoms with Gasteiger partial charge in [-0.15, -0.1) is 0 Å². The topological polar surface area (TPSA) is 49.3 Å². The van der Waals surface area contributed by atoms with E-state index >= 15 is 0 Å². The number of piperidine rings is 1. The van der Waals surface area contributed by atoms with Gasteiger partial charge in [0.05, 0.1) is 0 Å². The molecule has 0 N–H and O–H groups in total. The second kappa shape index (κ2) is 8.10. The Bertz CT molecular complexity index is 704. The van der Waals surface area contributed by atoms with Gasteiger partial charge in [-0.3, -0.25) is 4.79 Å². The molecule has 0 bridgehead atoms. The van der Waals surface area contributed by atoms with Crippen LogP contribution in [0.15, 0.2) is 42.7 Å². The highest BCUT2D eigenvalue weighted by atomic mass is 16.2. The highest BCUT2D eigenvalue weighted by Crippen LogP contribution is 2.22. The third-order valence-corrected chi connectivity index (χ3v) is 4.88. The van der Waals surface area contributed by atoms with Gasteiger partial charge in [-0.2, -0.15) is 0 Å². The minimum absolute atomic E-state index is 0.0308. The van der Waals surface area contributed by atoms with Crippen LogP contribution in [0.5, 0.6) is 0 Å². The summed E-state index contributed by atoms with van der Waals surface area (Å²) in [5, 5.41) is 0. The van der Waals surface area contributed by atoms with E-state index in [2.05, 4.69) is 29.0 Å². The van der Waals surface area contributed by atoms with E-state index in [0.717, 1.165) is 38.2 Å². The Morgan fingerprint density at radius 2 is 2.04 bits per heavy atom. The van der Waals surface area contributed by atoms with E-state index in [9.17, 15) is 4.79 Å². The van der Waals surface area contributed by atoms with Crippen molar-refractivity contribution in [2.75, 3.05) is 18.5 Å². The molecule has 1 aliphatic rings. The Labute approximate surface area is 149 Å². The van der Waals surface area contributed by atoms with Crippen molar-refractivity contribution in [2.24, 2.45) is 0 Å². The maximum absolute atomic E-state index is 12.9. The van der Waals surface area contributed by atoms with Gasteiger partial charge >= 0.3 is 0 Å². The van der Waals surface area contributed by atoms with E-state index in [1.165, 1.54) is 18.3 Å². The molecule has 2 aromatic rings. The summed E-state index contributed by atoms with van der Waals surface area (Å²) >= 11 is 0. The molecule has 1 amide bonds. The van der Waals surface area contributed by atoms with Crippen molar-refractivity contribution < 1.29 is 4.79 Å². The lowest BCUT2D eigenvalue weighted by Crippen LogP contribution is -2.43. The predicted octanol–water partition coefficient (Wildman–Crippen LogP) is 3.52. The first-order valence-electron chi connectivity index (χ1n) is 9.07. The second-order valence-electron chi connectivity index (χ2n) is 6.66. The molecule has 3 rings (SSSR count). The Morgan fingerprint density at radius 1 is 1.24 bits per heavy atom. The number of amides is 1. The molecule has 1 atom stereocenters. The zero-order valence-electron chi connectivity index (χ0n) is 15.1. The molecule has 0 saturated carbocycles. The first kappa shape index (κ1) is 17.4. The molecular formula is C20H26N4O. The van der Waals surface area contributed by atoms with Crippen LogP contribution in [0.2, 0.25) is 0 Å². The monoisotopic (exact) mass is 338 g/mol. The fourth-order valence-corrected chi connectivity index (χ4v) is 3.45. The molecule has 25 heavy (non-hydrogen) atoms. The number of rotatable bonds is 5. The van der Waals surface area contributed by atoms with Gasteiger partial charge in [-0.25, -0.2) is 9.97 Å². The van der Waals surface area contributed by atoms with Gasteiger partial charge in [-0.1, -0.05) is 37.3 Å². The van der Waals surface area contributed by atoms with Gasteiger partial charge in [0.25, 0.3) is 5.91 Å². The second-order valence-corrected chi connectivity index (χ2v) is 6.66. The van der Waals surface area contributed by atoms with Crippen molar-refractivity contribution in [1.29, 1.82) is 0 Å².